The third-order valence-corrected chi connectivity index (χ3v) is 5.68. The number of benzene rings is 1. The van der Waals surface area contributed by atoms with Crippen LogP contribution in [-0.2, 0) is 6.54 Å². The summed E-state index contributed by atoms with van der Waals surface area (Å²) in [7, 11) is 0. The molecule has 0 amide bonds. The van der Waals surface area contributed by atoms with E-state index in [1.807, 2.05) is 13.8 Å². The first-order valence-corrected chi connectivity index (χ1v) is 10.5. The van der Waals surface area contributed by atoms with Crippen molar-refractivity contribution in [3.05, 3.63) is 45.5 Å². The van der Waals surface area contributed by atoms with Gasteiger partial charge in [0.25, 0.3) is 11.1 Å². The van der Waals surface area contributed by atoms with Gasteiger partial charge < -0.3 is 0 Å². The monoisotopic (exact) mass is 451 g/mol. The third kappa shape index (κ3) is 3.61. The summed E-state index contributed by atoms with van der Waals surface area (Å²) in [5.74, 6) is 0. The van der Waals surface area contributed by atoms with E-state index < -0.39 is 6.17 Å². The molecule has 0 spiro atoms. The molecule has 2 atom stereocenters. The van der Waals surface area contributed by atoms with Crippen molar-refractivity contribution < 1.29 is 0 Å². The van der Waals surface area contributed by atoms with Crippen LogP contribution in [-0.4, -0.2) is 56.4 Å². The summed E-state index contributed by atoms with van der Waals surface area (Å²) in [4.78, 5) is 32.4. The average molecular weight is 451 g/mol. The van der Waals surface area contributed by atoms with Gasteiger partial charge in [0.1, 0.15) is 18.4 Å². The van der Waals surface area contributed by atoms with Crippen molar-refractivity contribution in [2.24, 2.45) is 10.3 Å². The average Bonchev–Trinajstić information content (AvgIpc) is 3.54. The highest BCUT2D eigenvalue weighted by molar-refractivity contribution is 5.93. The van der Waals surface area contributed by atoms with Crippen LogP contribution in [0.5, 0.6) is 0 Å². The Kier molecular flexibility index (Phi) is 5.29. The molecule has 4 heterocycles. The van der Waals surface area contributed by atoms with Gasteiger partial charge in [0.05, 0.1) is 35.2 Å². The Hall–Kier alpha value is -4.14. The Morgan fingerprint density at radius 2 is 1.88 bits per heavy atom. The van der Waals surface area contributed by atoms with Gasteiger partial charge in [-0.15, -0.1) is 15.3 Å². The Bertz CT molecular complexity index is 1430. The molecule has 3 aromatic heterocycles. The number of hydrogen-bond donors (Lipinski definition) is 1. The van der Waals surface area contributed by atoms with Gasteiger partial charge in [-0.1, -0.05) is 24.3 Å². The van der Waals surface area contributed by atoms with Gasteiger partial charge in [-0.25, -0.2) is 10.5 Å². The standard InChI is InChI=1S/C18H21N13O2/c1-3-11(7-30-22-8-20-25-30)28-9-19-14-5-13-15(6-12(14)17(28)32)23-26-31(18(13)33)16(4-2)29-10-21-24-27-29/h5-6,8-9,11,16H,3-4,7,10H2,1-2H3,(H,21,27)/t11-,16-/m1/s1. The fourth-order valence-corrected chi connectivity index (χ4v) is 3.92. The molecule has 1 aliphatic rings. The van der Waals surface area contributed by atoms with Crippen molar-refractivity contribution in [3.63, 3.8) is 0 Å². The molecule has 33 heavy (non-hydrogen) atoms. The SMILES string of the molecule is CC[C@H](Cn1ncnn1)n1cnc2cc3c(=O)n([C@H](CC)N4CN=NN4)nnc3cc2c1=O. The maximum Gasteiger partial charge on any atom is 0.279 e. The first kappa shape index (κ1) is 20.7. The van der Waals surface area contributed by atoms with Crippen LogP contribution in [0, 0.1) is 0 Å². The molecule has 5 rings (SSSR count). The van der Waals surface area contributed by atoms with Crippen molar-refractivity contribution in [3.8, 4) is 0 Å². The molecule has 0 radical (unpaired) electrons. The van der Waals surface area contributed by atoms with Crippen molar-refractivity contribution in [2.75, 3.05) is 6.67 Å². The summed E-state index contributed by atoms with van der Waals surface area (Å²) >= 11 is 0. The van der Waals surface area contributed by atoms with E-state index in [9.17, 15) is 9.59 Å². The zero-order chi connectivity index (χ0) is 22.9. The molecule has 1 aromatic carbocycles. The summed E-state index contributed by atoms with van der Waals surface area (Å²) in [5, 5.41) is 29.9. The molecule has 1 N–H and O–H groups in total. The molecule has 1 aliphatic heterocycles. The lowest BCUT2D eigenvalue weighted by atomic mass is 10.1. The molecular formula is C18H21N13O2. The van der Waals surface area contributed by atoms with Gasteiger partial charge in [-0.05, 0) is 30.2 Å². The highest BCUT2D eigenvalue weighted by Crippen LogP contribution is 2.19. The first-order valence-electron chi connectivity index (χ1n) is 10.5. The van der Waals surface area contributed by atoms with Crippen LogP contribution < -0.4 is 16.7 Å². The molecule has 0 fully saturated rings. The lowest BCUT2D eigenvalue weighted by molar-refractivity contribution is 0.0869. The van der Waals surface area contributed by atoms with Crippen LogP contribution in [0.25, 0.3) is 21.8 Å². The molecule has 0 aliphatic carbocycles. The Morgan fingerprint density at radius 3 is 2.58 bits per heavy atom. The summed E-state index contributed by atoms with van der Waals surface area (Å²) in [6.07, 6.45) is 3.65. The van der Waals surface area contributed by atoms with Gasteiger partial charge in [-0.3, -0.25) is 14.2 Å². The van der Waals surface area contributed by atoms with Crippen LogP contribution >= 0.6 is 0 Å². The topological polar surface area (TPSA) is 166 Å². The molecule has 0 unspecified atom stereocenters. The van der Waals surface area contributed by atoms with Gasteiger partial charge in [0.2, 0.25) is 0 Å². The minimum atomic E-state index is -0.420. The van der Waals surface area contributed by atoms with E-state index in [0.29, 0.717) is 47.9 Å². The van der Waals surface area contributed by atoms with E-state index in [4.69, 9.17) is 0 Å². The lowest BCUT2D eigenvalue weighted by Gasteiger charge is -2.24. The number of tetrazole rings is 1. The number of fused-ring (bicyclic) bond motifs is 2. The van der Waals surface area contributed by atoms with Gasteiger partial charge in [-0.2, -0.15) is 19.6 Å². The second-order valence-electron chi connectivity index (χ2n) is 7.58. The second-order valence-corrected chi connectivity index (χ2v) is 7.58. The summed E-state index contributed by atoms with van der Waals surface area (Å²) in [5.41, 5.74) is 2.91. The molecule has 15 heteroatoms. The molecule has 0 saturated heterocycles. The minimum Gasteiger partial charge on any atom is -0.294 e. The maximum absolute atomic E-state index is 13.3. The Balaban J connectivity index is 1.58. The van der Waals surface area contributed by atoms with Gasteiger partial charge in [0, 0.05) is 0 Å². The van der Waals surface area contributed by atoms with Crippen LogP contribution in [0.2, 0.25) is 0 Å². The number of hydrogen-bond acceptors (Lipinski definition) is 12. The first-order chi connectivity index (χ1) is 16.1. The van der Waals surface area contributed by atoms with Crippen molar-refractivity contribution in [1.82, 2.24) is 55.3 Å². The zero-order valence-electron chi connectivity index (χ0n) is 18.0. The predicted molar refractivity (Wildman–Crippen MR) is 115 cm³/mol. The van der Waals surface area contributed by atoms with Crippen molar-refractivity contribution in [2.45, 2.75) is 45.4 Å². The molecule has 4 aromatic rings. The minimum absolute atomic E-state index is 0.215. The molecule has 0 saturated carbocycles. The smallest absolute Gasteiger partial charge is 0.279 e. The maximum atomic E-state index is 13.3. The quantitative estimate of drug-likeness (QED) is 0.383. The summed E-state index contributed by atoms with van der Waals surface area (Å²) in [6, 6.07) is 2.94. The number of aromatic nitrogens is 9. The van der Waals surface area contributed by atoms with Gasteiger partial charge >= 0.3 is 0 Å². The fraction of sp³-hybridized carbons (Fsp3) is 0.444. The highest BCUT2D eigenvalue weighted by Gasteiger charge is 2.24. The molecule has 170 valence electrons. The summed E-state index contributed by atoms with van der Waals surface area (Å²) in [6.45, 7) is 4.56. The van der Waals surface area contributed by atoms with E-state index in [-0.39, 0.29) is 17.2 Å². The summed E-state index contributed by atoms with van der Waals surface area (Å²) < 4.78 is 2.84. The van der Waals surface area contributed by atoms with E-state index in [1.54, 1.807) is 21.7 Å². The number of hydrazine groups is 1. The van der Waals surface area contributed by atoms with Crippen LogP contribution in [0.1, 0.15) is 38.9 Å². The van der Waals surface area contributed by atoms with Gasteiger partial charge in [0.15, 0.2) is 6.33 Å². The predicted octanol–water partition coefficient (Wildman–Crippen LogP) is 0.193. The van der Waals surface area contributed by atoms with Crippen LogP contribution in [0.15, 0.2) is 44.7 Å². The van der Waals surface area contributed by atoms with Crippen molar-refractivity contribution >= 4 is 21.8 Å². The normalized spacial score (nSPS) is 15.8. The van der Waals surface area contributed by atoms with Crippen LogP contribution in [0.3, 0.4) is 0 Å². The van der Waals surface area contributed by atoms with Crippen LogP contribution in [0.4, 0.5) is 0 Å². The zero-order valence-corrected chi connectivity index (χ0v) is 18.0. The Labute approximate surface area is 185 Å². The Morgan fingerprint density at radius 1 is 1.06 bits per heavy atom. The largest absolute Gasteiger partial charge is 0.294 e. The highest BCUT2D eigenvalue weighted by atomic mass is 16.1. The number of nitrogens with zero attached hydrogens (tertiary/aromatic N) is 12. The molecule has 0 bridgehead atoms. The second kappa shape index (κ2) is 8.42. The third-order valence-electron chi connectivity index (χ3n) is 5.68. The van der Waals surface area contributed by atoms with E-state index in [1.165, 1.54) is 22.1 Å². The van der Waals surface area contributed by atoms with E-state index in [2.05, 4.69) is 46.6 Å². The van der Waals surface area contributed by atoms with Crippen molar-refractivity contribution in [1.29, 1.82) is 0 Å². The fourth-order valence-electron chi connectivity index (χ4n) is 3.92. The molecule has 15 nitrogen and oxygen atoms in total. The molecular weight excluding hydrogens is 430 g/mol. The van der Waals surface area contributed by atoms with E-state index >= 15 is 0 Å². The van der Waals surface area contributed by atoms with E-state index in [0.717, 1.165) is 0 Å². The number of rotatable bonds is 7. The lowest BCUT2D eigenvalue weighted by Crippen LogP contribution is -2.42. The number of nitrogens with one attached hydrogen (secondary N) is 1.